The van der Waals surface area contributed by atoms with Gasteiger partial charge in [-0.05, 0) is 58.0 Å². The van der Waals surface area contributed by atoms with Crippen LogP contribution < -0.4 is 5.32 Å². The first-order valence-electron chi connectivity index (χ1n) is 8.05. The second-order valence-corrected chi connectivity index (χ2v) is 6.89. The Hall–Kier alpha value is -0.0800. The van der Waals surface area contributed by atoms with E-state index < -0.39 is 0 Å². The van der Waals surface area contributed by atoms with Gasteiger partial charge in [0.2, 0.25) is 0 Å². The van der Waals surface area contributed by atoms with Crippen molar-refractivity contribution in [3.8, 4) is 0 Å². The molecule has 0 radical (unpaired) electrons. The fraction of sp³-hybridized carbons (Fsp3) is 1.00. The molecule has 2 aliphatic rings. The minimum Gasteiger partial charge on any atom is -0.314 e. The molecule has 0 saturated heterocycles. The molecule has 2 fully saturated rings. The summed E-state index contributed by atoms with van der Waals surface area (Å²) in [5.41, 5.74) is 0. The molecule has 0 aromatic heterocycles. The normalized spacial score (nSPS) is 32.5. The van der Waals surface area contributed by atoms with Crippen molar-refractivity contribution in [3.05, 3.63) is 0 Å². The Morgan fingerprint density at radius 1 is 1.11 bits per heavy atom. The van der Waals surface area contributed by atoms with Gasteiger partial charge in [-0.1, -0.05) is 26.7 Å². The summed E-state index contributed by atoms with van der Waals surface area (Å²) in [6.07, 6.45) is 8.51. The summed E-state index contributed by atoms with van der Waals surface area (Å²) < 4.78 is 0. The van der Waals surface area contributed by atoms with Crippen molar-refractivity contribution in [1.29, 1.82) is 0 Å². The van der Waals surface area contributed by atoms with Gasteiger partial charge in [-0.25, -0.2) is 0 Å². The van der Waals surface area contributed by atoms with E-state index in [0.29, 0.717) is 6.04 Å². The molecule has 4 atom stereocenters. The van der Waals surface area contributed by atoms with Crippen LogP contribution in [0.5, 0.6) is 0 Å². The van der Waals surface area contributed by atoms with Crippen LogP contribution in [0.15, 0.2) is 0 Å². The van der Waals surface area contributed by atoms with Crippen molar-refractivity contribution in [2.75, 3.05) is 13.6 Å². The van der Waals surface area contributed by atoms with E-state index in [2.05, 4.69) is 38.0 Å². The lowest BCUT2D eigenvalue weighted by Crippen LogP contribution is -2.48. The van der Waals surface area contributed by atoms with Gasteiger partial charge in [-0.15, -0.1) is 0 Å². The number of nitrogens with one attached hydrogen (secondary N) is 1. The number of hydrogen-bond acceptors (Lipinski definition) is 2. The lowest BCUT2D eigenvalue weighted by molar-refractivity contribution is 0.0789. The van der Waals surface area contributed by atoms with Gasteiger partial charge >= 0.3 is 0 Å². The molecule has 0 bridgehead atoms. The van der Waals surface area contributed by atoms with Crippen LogP contribution in [-0.2, 0) is 0 Å². The molecule has 18 heavy (non-hydrogen) atoms. The lowest BCUT2D eigenvalue weighted by Gasteiger charge is -2.41. The van der Waals surface area contributed by atoms with Crippen molar-refractivity contribution in [2.24, 2.45) is 11.8 Å². The first kappa shape index (κ1) is 14.3. The summed E-state index contributed by atoms with van der Waals surface area (Å²) in [6.45, 7) is 8.46. The van der Waals surface area contributed by atoms with E-state index in [4.69, 9.17) is 0 Å². The van der Waals surface area contributed by atoms with Gasteiger partial charge in [-0.2, -0.15) is 0 Å². The standard InChI is InChI=1S/C16H32N2/c1-12-7-5-6-8-16(12)18(4)14(3)13(2)11-17-15-9-10-15/h12-17H,5-11H2,1-4H3. The largest absolute Gasteiger partial charge is 0.314 e. The summed E-state index contributed by atoms with van der Waals surface area (Å²) >= 11 is 0. The molecule has 106 valence electrons. The average molecular weight is 252 g/mol. The zero-order chi connectivity index (χ0) is 13.1. The molecule has 2 aliphatic carbocycles. The predicted octanol–water partition coefficient (Wildman–Crippen LogP) is 3.27. The first-order chi connectivity index (χ1) is 8.59. The van der Waals surface area contributed by atoms with Gasteiger partial charge in [0.1, 0.15) is 0 Å². The van der Waals surface area contributed by atoms with Crippen LogP contribution in [-0.4, -0.2) is 36.6 Å². The third kappa shape index (κ3) is 3.71. The monoisotopic (exact) mass is 252 g/mol. The first-order valence-corrected chi connectivity index (χ1v) is 8.05. The van der Waals surface area contributed by atoms with E-state index >= 15 is 0 Å². The van der Waals surface area contributed by atoms with Crippen LogP contribution in [0.1, 0.15) is 59.3 Å². The van der Waals surface area contributed by atoms with E-state index in [-0.39, 0.29) is 0 Å². The quantitative estimate of drug-likeness (QED) is 0.780. The topological polar surface area (TPSA) is 15.3 Å². The highest BCUT2D eigenvalue weighted by Gasteiger charge is 2.30. The Labute approximate surface area is 114 Å². The maximum Gasteiger partial charge on any atom is 0.0121 e. The maximum atomic E-state index is 3.68. The van der Waals surface area contributed by atoms with Crippen LogP contribution in [0.4, 0.5) is 0 Å². The lowest BCUT2D eigenvalue weighted by atomic mass is 9.83. The van der Waals surface area contributed by atoms with Crippen molar-refractivity contribution in [2.45, 2.75) is 77.4 Å². The second kappa shape index (κ2) is 6.38. The molecule has 0 amide bonds. The van der Waals surface area contributed by atoms with Crippen molar-refractivity contribution in [1.82, 2.24) is 10.2 Å². The Bertz CT molecular complexity index is 249. The predicted molar refractivity (Wildman–Crippen MR) is 78.8 cm³/mol. The van der Waals surface area contributed by atoms with Crippen LogP contribution >= 0.6 is 0 Å². The highest BCUT2D eigenvalue weighted by molar-refractivity contribution is 4.86. The van der Waals surface area contributed by atoms with Crippen LogP contribution in [0.2, 0.25) is 0 Å². The fourth-order valence-electron chi connectivity index (χ4n) is 3.42. The zero-order valence-corrected chi connectivity index (χ0v) is 12.8. The minimum absolute atomic E-state index is 0.696. The van der Waals surface area contributed by atoms with Crippen molar-refractivity contribution in [3.63, 3.8) is 0 Å². The number of nitrogens with zero attached hydrogens (tertiary/aromatic N) is 1. The van der Waals surface area contributed by atoms with Crippen molar-refractivity contribution < 1.29 is 0 Å². The average Bonchev–Trinajstić information content (AvgIpc) is 3.19. The van der Waals surface area contributed by atoms with Gasteiger partial charge in [0.05, 0.1) is 0 Å². The van der Waals surface area contributed by atoms with E-state index in [1.807, 2.05) is 0 Å². The second-order valence-electron chi connectivity index (χ2n) is 6.89. The number of hydrogen-bond donors (Lipinski definition) is 1. The van der Waals surface area contributed by atoms with E-state index in [1.54, 1.807) is 0 Å². The zero-order valence-electron chi connectivity index (χ0n) is 12.8. The fourth-order valence-corrected chi connectivity index (χ4v) is 3.42. The van der Waals surface area contributed by atoms with E-state index in [0.717, 1.165) is 23.9 Å². The third-order valence-electron chi connectivity index (χ3n) is 5.36. The third-order valence-corrected chi connectivity index (χ3v) is 5.36. The molecule has 0 aromatic carbocycles. The van der Waals surface area contributed by atoms with Gasteiger partial charge < -0.3 is 10.2 Å². The highest BCUT2D eigenvalue weighted by Crippen LogP contribution is 2.29. The van der Waals surface area contributed by atoms with E-state index in [9.17, 15) is 0 Å². The molecule has 2 rings (SSSR count). The van der Waals surface area contributed by atoms with Crippen LogP contribution in [0.3, 0.4) is 0 Å². The smallest absolute Gasteiger partial charge is 0.0121 e. The molecular formula is C16H32N2. The molecule has 0 heterocycles. The molecule has 0 spiro atoms. The summed E-state index contributed by atoms with van der Waals surface area (Å²) in [6, 6.07) is 2.36. The molecule has 1 N–H and O–H groups in total. The maximum absolute atomic E-state index is 3.68. The summed E-state index contributed by atoms with van der Waals surface area (Å²) in [4.78, 5) is 2.67. The molecule has 2 nitrogen and oxygen atoms in total. The Morgan fingerprint density at radius 3 is 2.39 bits per heavy atom. The Kier molecular flexibility index (Phi) is 5.08. The summed E-state index contributed by atoms with van der Waals surface area (Å²) in [5.74, 6) is 1.64. The van der Waals surface area contributed by atoms with Gasteiger partial charge in [0, 0.05) is 18.1 Å². The molecule has 2 heteroatoms. The molecular weight excluding hydrogens is 220 g/mol. The van der Waals surface area contributed by atoms with E-state index in [1.165, 1.54) is 45.1 Å². The summed E-state index contributed by atoms with van der Waals surface area (Å²) in [7, 11) is 2.35. The Morgan fingerprint density at radius 2 is 1.78 bits per heavy atom. The Balaban J connectivity index is 1.79. The molecule has 4 unspecified atom stereocenters. The van der Waals surface area contributed by atoms with Gasteiger partial charge in [0.15, 0.2) is 0 Å². The molecule has 0 aliphatic heterocycles. The van der Waals surface area contributed by atoms with Gasteiger partial charge in [-0.3, -0.25) is 0 Å². The molecule has 2 saturated carbocycles. The highest BCUT2D eigenvalue weighted by atomic mass is 15.2. The van der Waals surface area contributed by atoms with Crippen molar-refractivity contribution >= 4 is 0 Å². The number of rotatable bonds is 6. The minimum atomic E-state index is 0.696. The van der Waals surface area contributed by atoms with Crippen LogP contribution in [0, 0.1) is 11.8 Å². The molecule has 0 aromatic rings. The summed E-state index contributed by atoms with van der Waals surface area (Å²) in [5, 5.41) is 3.68. The van der Waals surface area contributed by atoms with Crippen LogP contribution in [0.25, 0.3) is 0 Å². The van der Waals surface area contributed by atoms with Gasteiger partial charge in [0.25, 0.3) is 0 Å². The SMILES string of the molecule is CC(CNC1CC1)C(C)N(C)C1CCCCC1C.